The molecule has 0 unspecified atom stereocenters. The third kappa shape index (κ3) is 3.26. The minimum Gasteiger partial charge on any atom is -0.506 e. The van der Waals surface area contributed by atoms with Crippen molar-refractivity contribution in [2.75, 3.05) is 5.43 Å². The molecular weight excluding hydrogens is 298 g/mol. The second kappa shape index (κ2) is 6.31. The van der Waals surface area contributed by atoms with E-state index < -0.39 is 0 Å². The van der Waals surface area contributed by atoms with Crippen LogP contribution in [0.3, 0.4) is 0 Å². The molecule has 7 heteroatoms. The van der Waals surface area contributed by atoms with E-state index in [1.54, 1.807) is 31.2 Å². The van der Waals surface area contributed by atoms with Crippen LogP contribution in [0.5, 0.6) is 5.75 Å². The van der Waals surface area contributed by atoms with E-state index in [4.69, 9.17) is 0 Å². The van der Waals surface area contributed by atoms with Crippen molar-refractivity contribution in [1.82, 2.24) is 4.98 Å². The number of fused-ring (bicyclic) bond motifs is 1. The van der Waals surface area contributed by atoms with Gasteiger partial charge in [-0.1, -0.05) is 35.6 Å². The molecule has 6 nitrogen and oxygen atoms in total. The highest BCUT2D eigenvalue weighted by atomic mass is 32.1. The number of anilines is 1. The number of hydrogen-bond acceptors (Lipinski definition) is 6. The zero-order valence-electron chi connectivity index (χ0n) is 11.8. The summed E-state index contributed by atoms with van der Waals surface area (Å²) in [5.74, 6) is 0.560. The molecule has 0 spiro atoms. The maximum atomic E-state index is 9.62. The number of phenols is 1. The minimum absolute atomic E-state index is 0.127. The van der Waals surface area contributed by atoms with Gasteiger partial charge in [0.05, 0.1) is 15.9 Å². The molecule has 0 aliphatic rings. The van der Waals surface area contributed by atoms with Crippen LogP contribution in [0, 0.1) is 0 Å². The topological polar surface area (TPSA) is 82.2 Å². The van der Waals surface area contributed by atoms with Gasteiger partial charge in [-0.25, -0.2) is 4.98 Å². The van der Waals surface area contributed by atoms with Crippen LogP contribution in [0.4, 0.5) is 10.8 Å². The van der Waals surface area contributed by atoms with Gasteiger partial charge in [-0.15, -0.1) is 10.2 Å². The summed E-state index contributed by atoms with van der Waals surface area (Å²) < 4.78 is 1.07. The Morgan fingerprint density at radius 1 is 1.14 bits per heavy atom. The van der Waals surface area contributed by atoms with Gasteiger partial charge in [-0.3, -0.25) is 5.43 Å². The van der Waals surface area contributed by atoms with E-state index in [1.807, 2.05) is 24.3 Å². The fourth-order valence-electron chi connectivity index (χ4n) is 1.75. The molecule has 0 aliphatic carbocycles. The van der Waals surface area contributed by atoms with Crippen LogP contribution in [0.15, 0.2) is 63.9 Å². The fourth-order valence-corrected chi connectivity index (χ4v) is 2.54. The van der Waals surface area contributed by atoms with Crippen LogP contribution >= 0.6 is 11.3 Å². The number of hydrogen-bond donors (Lipinski definition) is 2. The smallest absolute Gasteiger partial charge is 0.231 e. The molecule has 3 rings (SSSR count). The Morgan fingerprint density at radius 3 is 2.73 bits per heavy atom. The van der Waals surface area contributed by atoms with E-state index in [2.05, 4.69) is 25.7 Å². The number of nitrogens with one attached hydrogen (secondary N) is 1. The zero-order chi connectivity index (χ0) is 15.4. The predicted molar refractivity (Wildman–Crippen MR) is 89.0 cm³/mol. The first kappa shape index (κ1) is 14.2. The molecule has 0 radical (unpaired) electrons. The van der Waals surface area contributed by atoms with E-state index in [-0.39, 0.29) is 5.75 Å². The van der Waals surface area contributed by atoms with Gasteiger partial charge in [0.25, 0.3) is 0 Å². The first-order valence-electron chi connectivity index (χ1n) is 6.58. The first-order valence-corrected chi connectivity index (χ1v) is 7.39. The molecule has 1 aromatic heterocycles. The third-order valence-corrected chi connectivity index (χ3v) is 3.73. The average molecular weight is 311 g/mol. The quantitative estimate of drug-likeness (QED) is 0.245. The van der Waals surface area contributed by atoms with E-state index in [0.29, 0.717) is 16.7 Å². The average Bonchev–Trinajstić information content (AvgIpc) is 2.95. The third-order valence-electron chi connectivity index (χ3n) is 2.81. The Kier molecular flexibility index (Phi) is 4.06. The van der Waals surface area contributed by atoms with Crippen molar-refractivity contribution in [3.63, 3.8) is 0 Å². The molecule has 0 bridgehead atoms. The molecule has 0 aliphatic heterocycles. The molecular formula is C15H13N5OS. The van der Waals surface area contributed by atoms with Crippen molar-refractivity contribution < 1.29 is 5.11 Å². The standard InChI is InChI=1S/C15H13N5OS/c1-10(17-19-11-6-2-4-8-13(11)21)18-20-15-16-12-7-3-5-9-14(12)22-15/h2-9,19,21H,1H3/b17-10+,20-18?. The zero-order valence-corrected chi connectivity index (χ0v) is 12.6. The van der Waals surface area contributed by atoms with Gasteiger partial charge in [0.15, 0.2) is 5.84 Å². The van der Waals surface area contributed by atoms with Crippen LogP contribution in [-0.4, -0.2) is 15.9 Å². The summed E-state index contributed by atoms with van der Waals surface area (Å²) in [7, 11) is 0. The minimum atomic E-state index is 0.127. The number of hydrazone groups is 1. The lowest BCUT2D eigenvalue weighted by Gasteiger charge is -2.02. The Labute approximate surface area is 130 Å². The lowest BCUT2D eigenvalue weighted by Crippen LogP contribution is -1.94. The van der Waals surface area contributed by atoms with E-state index in [0.717, 1.165) is 10.2 Å². The Bertz CT molecular complexity index is 823. The number of amidine groups is 1. The molecule has 110 valence electrons. The molecule has 1 heterocycles. The molecule has 0 amide bonds. The number of para-hydroxylation sites is 3. The Balaban J connectivity index is 1.71. The lowest BCUT2D eigenvalue weighted by atomic mass is 10.3. The highest BCUT2D eigenvalue weighted by Gasteiger charge is 2.01. The molecule has 2 aromatic carbocycles. The second-order valence-corrected chi connectivity index (χ2v) is 5.46. The molecule has 0 saturated heterocycles. The molecule has 22 heavy (non-hydrogen) atoms. The predicted octanol–water partition coefficient (Wildman–Crippen LogP) is 4.53. The van der Waals surface area contributed by atoms with Gasteiger partial charge in [0.1, 0.15) is 5.75 Å². The van der Waals surface area contributed by atoms with Gasteiger partial charge in [-0.05, 0) is 31.2 Å². The Morgan fingerprint density at radius 2 is 1.91 bits per heavy atom. The lowest BCUT2D eigenvalue weighted by molar-refractivity contribution is 0.477. The van der Waals surface area contributed by atoms with Crippen LogP contribution in [0.25, 0.3) is 10.2 Å². The Hall–Kier alpha value is -2.80. The maximum absolute atomic E-state index is 9.62. The number of benzene rings is 2. The van der Waals surface area contributed by atoms with Gasteiger partial charge in [-0.2, -0.15) is 5.10 Å². The summed E-state index contributed by atoms with van der Waals surface area (Å²) in [5.41, 5.74) is 4.16. The van der Waals surface area contributed by atoms with Crippen molar-refractivity contribution in [3.05, 3.63) is 48.5 Å². The highest BCUT2D eigenvalue weighted by Crippen LogP contribution is 2.27. The first-order chi connectivity index (χ1) is 10.7. The molecule has 0 atom stereocenters. The summed E-state index contributed by atoms with van der Waals surface area (Å²) >= 11 is 1.47. The van der Waals surface area contributed by atoms with Crippen molar-refractivity contribution in [3.8, 4) is 5.75 Å². The number of aromatic hydroxyl groups is 1. The highest BCUT2D eigenvalue weighted by molar-refractivity contribution is 7.21. The normalized spacial score (nSPS) is 12.1. The monoisotopic (exact) mass is 311 g/mol. The number of thiazole rings is 1. The maximum Gasteiger partial charge on any atom is 0.231 e. The van der Waals surface area contributed by atoms with Crippen LogP contribution in [0.1, 0.15) is 6.92 Å². The van der Waals surface area contributed by atoms with Crippen molar-refractivity contribution in [2.45, 2.75) is 6.92 Å². The summed E-state index contributed by atoms with van der Waals surface area (Å²) in [5, 5.41) is 22.3. The number of aromatic nitrogens is 1. The summed E-state index contributed by atoms with van der Waals surface area (Å²) in [6.45, 7) is 1.71. The second-order valence-electron chi connectivity index (χ2n) is 4.45. The number of azo groups is 1. The van der Waals surface area contributed by atoms with Crippen molar-refractivity contribution in [2.24, 2.45) is 15.3 Å². The fraction of sp³-hybridized carbons (Fsp3) is 0.0667. The molecule has 3 aromatic rings. The summed E-state index contributed by atoms with van der Waals surface area (Å²) in [6.07, 6.45) is 0. The van der Waals surface area contributed by atoms with Crippen LogP contribution in [-0.2, 0) is 0 Å². The number of rotatable bonds is 3. The molecule has 2 N–H and O–H groups in total. The SMILES string of the molecule is C/C(N=Nc1nc2ccccc2s1)=N\Nc1ccccc1O. The van der Waals surface area contributed by atoms with Crippen molar-refractivity contribution in [1.29, 1.82) is 0 Å². The summed E-state index contributed by atoms with van der Waals surface area (Å²) in [4.78, 5) is 4.36. The molecule has 0 fully saturated rings. The van der Waals surface area contributed by atoms with Crippen LogP contribution < -0.4 is 5.43 Å². The van der Waals surface area contributed by atoms with E-state index in [1.165, 1.54) is 11.3 Å². The number of phenolic OH excluding ortho intramolecular Hbond substituents is 1. The summed E-state index contributed by atoms with van der Waals surface area (Å²) in [6, 6.07) is 14.7. The number of nitrogens with zero attached hydrogens (tertiary/aromatic N) is 4. The van der Waals surface area contributed by atoms with Crippen LogP contribution in [0.2, 0.25) is 0 Å². The van der Waals surface area contributed by atoms with Gasteiger partial charge in [0.2, 0.25) is 5.13 Å². The van der Waals surface area contributed by atoms with E-state index in [9.17, 15) is 5.11 Å². The van der Waals surface area contributed by atoms with Gasteiger partial charge >= 0.3 is 0 Å². The molecule has 0 saturated carbocycles. The van der Waals surface area contributed by atoms with Gasteiger partial charge in [0, 0.05) is 0 Å². The van der Waals surface area contributed by atoms with Gasteiger partial charge < -0.3 is 5.11 Å². The largest absolute Gasteiger partial charge is 0.506 e. The van der Waals surface area contributed by atoms with E-state index >= 15 is 0 Å². The van der Waals surface area contributed by atoms with Crippen molar-refractivity contribution >= 4 is 38.2 Å².